The molecule has 0 heterocycles. The smallest absolute Gasteiger partial charge is 0.321 e. The number of ketones is 1. The molecule has 7 atom stereocenters. The number of ether oxygens (including phenoxy) is 2. The van der Waals surface area contributed by atoms with Gasteiger partial charge >= 0.3 is 11.9 Å². The second kappa shape index (κ2) is 7.20. The molecule has 2 saturated carbocycles. The molecule has 6 heteroatoms. The van der Waals surface area contributed by atoms with Crippen LogP contribution in [0.4, 0.5) is 0 Å². The van der Waals surface area contributed by atoms with E-state index in [9.17, 15) is 19.5 Å². The van der Waals surface area contributed by atoms with Crippen LogP contribution in [0.2, 0.25) is 0 Å². The molecule has 0 unspecified atom stereocenters. The Bertz CT molecular complexity index is 1040. The third-order valence-corrected chi connectivity index (χ3v) is 10.9. The van der Waals surface area contributed by atoms with Crippen molar-refractivity contribution in [2.75, 3.05) is 7.11 Å². The van der Waals surface area contributed by atoms with Crippen molar-refractivity contribution in [1.82, 2.24) is 0 Å². The summed E-state index contributed by atoms with van der Waals surface area (Å²) in [5.74, 6) is -1.39. The van der Waals surface area contributed by atoms with Gasteiger partial charge in [-0.25, -0.2) is 0 Å². The highest BCUT2D eigenvalue weighted by molar-refractivity contribution is 6.17. The fourth-order valence-electron chi connectivity index (χ4n) is 9.23. The van der Waals surface area contributed by atoms with E-state index >= 15 is 0 Å². The van der Waals surface area contributed by atoms with Crippen molar-refractivity contribution in [2.24, 2.45) is 38.9 Å². The minimum absolute atomic E-state index is 0.105. The van der Waals surface area contributed by atoms with Crippen molar-refractivity contribution >= 4 is 17.7 Å². The molecular weight excluding hydrogens is 432 g/mol. The quantitative estimate of drug-likeness (QED) is 0.342. The fraction of sp³-hybridized carbons (Fsp3) is 0.750. The van der Waals surface area contributed by atoms with E-state index in [2.05, 4.69) is 26.8 Å². The summed E-state index contributed by atoms with van der Waals surface area (Å²) >= 11 is 0. The second-order valence-corrected chi connectivity index (χ2v) is 12.4. The number of hydrogen-bond acceptors (Lipinski definition) is 6. The van der Waals surface area contributed by atoms with Crippen molar-refractivity contribution < 1.29 is 29.0 Å². The molecule has 0 saturated heterocycles. The predicted octanol–water partition coefficient (Wildman–Crippen LogP) is 4.12. The third-order valence-electron chi connectivity index (χ3n) is 10.9. The summed E-state index contributed by atoms with van der Waals surface area (Å²) in [4.78, 5) is 39.6. The Morgan fingerprint density at radius 3 is 2.24 bits per heavy atom. The Morgan fingerprint density at radius 2 is 1.68 bits per heavy atom. The van der Waals surface area contributed by atoms with Crippen LogP contribution in [0.15, 0.2) is 23.0 Å². The lowest BCUT2D eigenvalue weighted by Gasteiger charge is -2.69. The lowest BCUT2D eigenvalue weighted by Crippen LogP contribution is -2.70. The van der Waals surface area contributed by atoms with E-state index in [4.69, 9.17) is 9.47 Å². The van der Waals surface area contributed by atoms with E-state index in [1.54, 1.807) is 13.8 Å². The van der Waals surface area contributed by atoms with E-state index < -0.39 is 22.2 Å². The summed E-state index contributed by atoms with van der Waals surface area (Å²) in [6.45, 7) is 15.3. The standard InChI is InChI=1S/C28H40O6/c1-15-14-19-25(6)12-11-20(34-17(3)29)24(4,5)18(25)10-13-26(19,7)28(23(32)33-9)22(31)16(2)21(30)27(15,28)8/h14,18-20,30H,10-13H2,1-9H3/p-1/t18-,19+,20+,25-,26+,27+,28-/m1/s1. The Hall–Kier alpha value is -2.11. The Labute approximate surface area is 203 Å². The maximum absolute atomic E-state index is 14.0. The summed E-state index contributed by atoms with van der Waals surface area (Å²) < 4.78 is 11.1. The molecular formula is C28H39O6-. The summed E-state index contributed by atoms with van der Waals surface area (Å²) in [5, 5.41) is 13.6. The van der Waals surface area contributed by atoms with Crippen LogP contribution in [0.3, 0.4) is 0 Å². The molecule has 0 aliphatic heterocycles. The Kier molecular flexibility index (Phi) is 5.30. The van der Waals surface area contributed by atoms with Crippen LogP contribution < -0.4 is 5.11 Å². The third kappa shape index (κ3) is 2.50. The number of rotatable bonds is 2. The van der Waals surface area contributed by atoms with E-state index in [1.165, 1.54) is 14.0 Å². The first-order valence-electron chi connectivity index (χ1n) is 12.5. The SMILES string of the molecule is COC(=O)[C@@]12C(=O)C(C)=C([O-])[C@]1(C)C(C)=C[C@H]1[C@]3(C)CC[C@H](OC(C)=O)C(C)(C)[C@H]3CC[C@@]12C. The van der Waals surface area contributed by atoms with E-state index in [1.807, 2.05) is 13.8 Å². The van der Waals surface area contributed by atoms with E-state index in [-0.39, 0.29) is 51.9 Å². The van der Waals surface area contributed by atoms with Gasteiger partial charge in [-0.2, -0.15) is 0 Å². The Morgan fingerprint density at radius 1 is 1.06 bits per heavy atom. The lowest BCUT2D eigenvalue weighted by atomic mass is 9.33. The highest BCUT2D eigenvalue weighted by Gasteiger charge is 2.78. The summed E-state index contributed by atoms with van der Waals surface area (Å²) in [6, 6.07) is 0. The summed E-state index contributed by atoms with van der Waals surface area (Å²) in [5.41, 5.74) is -3.19. The fourth-order valence-corrected chi connectivity index (χ4v) is 9.23. The molecule has 2 fully saturated rings. The van der Waals surface area contributed by atoms with Crippen molar-refractivity contribution in [3.05, 3.63) is 23.0 Å². The van der Waals surface area contributed by atoms with Crippen molar-refractivity contribution in [2.45, 2.75) is 87.2 Å². The monoisotopic (exact) mass is 471 g/mol. The topological polar surface area (TPSA) is 92.7 Å². The summed E-state index contributed by atoms with van der Waals surface area (Å²) in [7, 11) is 1.32. The zero-order valence-electron chi connectivity index (χ0n) is 22.1. The molecule has 0 amide bonds. The second-order valence-electron chi connectivity index (χ2n) is 12.4. The van der Waals surface area contributed by atoms with Crippen LogP contribution in [0.25, 0.3) is 0 Å². The molecule has 0 aromatic carbocycles. The first kappa shape index (κ1) is 25.0. The van der Waals surface area contributed by atoms with Gasteiger partial charge in [0, 0.05) is 17.8 Å². The van der Waals surface area contributed by atoms with Crippen LogP contribution >= 0.6 is 0 Å². The van der Waals surface area contributed by atoms with Crippen molar-refractivity contribution in [3.63, 3.8) is 0 Å². The molecule has 0 aromatic rings. The van der Waals surface area contributed by atoms with E-state index in [0.29, 0.717) is 6.42 Å². The van der Waals surface area contributed by atoms with E-state index in [0.717, 1.165) is 24.8 Å². The van der Waals surface area contributed by atoms with Gasteiger partial charge in [0.1, 0.15) is 11.5 Å². The lowest BCUT2D eigenvalue weighted by molar-refractivity contribution is -0.332. The maximum atomic E-state index is 14.0. The molecule has 34 heavy (non-hydrogen) atoms. The number of carbonyl (C=O) groups excluding carboxylic acids is 3. The average molecular weight is 472 g/mol. The number of carbonyl (C=O) groups is 3. The van der Waals surface area contributed by atoms with Gasteiger partial charge in [0.05, 0.1) is 7.11 Å². The summed E-state index contributed by atoms with van der Waals surface area (Å²) in [6.07, 6.45) is 4.93. The number of esters is 2. The first-order chi connectivity index (χ1) is 15.6. The van der Waals surface area contributed by atoms with Crippen LogP contribution in [0, 0.1) is 38.9 Å². The van der Waals surface area contributed by atoms with Gasteiger partial charge in [-0.15, -0.1) is 5.76 Å². The Balaban J connectivity index is 1.94. The minimum atomic E-state index is -1.58. The number of methoxy groups -OCH3 is 1. The largest absolute Gasteiger partial charge is 0.875 e. The van der Waals surface area contributed by atoms with Gasteiger partial charge in [0.15, 0.2) is 5.78 Å². The highest BCUT2D eigenvalue weighted by atomic mass is 16.5. The van der Waals surface area contributed by atoms with Gasteiger partial charge in [0.2, 0.25) is 0 Å². The van der Waals surface area contributed by atoms with Gasteiger partial charge in [-0.05, 0) is 67.8 Å². The maximum Gasteiger partial charge on any atom is 0.321 e. The zero-order chi connectivity index (χ0) is 25.6. The molecule has 4 rings (SSSR count). The average Bonchev–Trinajstić information content (AvgIpc) is 2.91. The molecule has 0 N–H and O–H groups in total. The number of fused-ring (bicyclic) bond motifs is 5. The van der Waals surface area contributed by atoms with Gasteiger partial charge in [-0.1, -0.05) is 46.3 Å². The van der Waals surface area contributed by atoms with Crippen LogP contribution in [0.1, 0.15) is 81.1 Å². The normalized spacial score (nSPS) is 45.0. The van der Waals surface area contributed by atoms with Gasteiger partial charge in [-0.3, -0.25) is 14.4 Å². The molecule has 0 spiro atoms. The highest BCUT2D eigenvalue weighted by Crippen LogP contribution is 2.76. The molecule has 0 bridgehead atoms. The number of hydrogen-bond donors (Lipinski definition) is 0. The van der Waals surface area contributed by atoms with Gasteiger partial charge < -0.3 is 14.6 Å². The van der Waals surface area contributed by atoms with Crippen LogP contribution in [-0.4, -0.2) is 30.9 Å². The number of allylic oxidation sites excluding steroid dienone is 3. The van der Waals surface area contributed by atoms with Crippen molar-refractivity contribution in [3.8, 4) is 0 Å². The molecule has 0 aromatic heterocycles. The predicted molar refractivity (Wildman–Crippen MR) is 125 cm³/mol. The van der Waals surface area contributed by atoms with Crippen molar-refractivity contribution in [1.29, 1.82) is 0 Å². The van der Waals surface area contributed by atoms with Crippen LogP contribution in [-0.2, 0) is 23.9 Å². The van der Waals surface area contributed by atoms with Crippen LogP contribution in [0.5, 0.6) is 0 Å². The number of Topliss-reactive ketones (excluding diaryl/α,β-unsaturated/α-hetero) is 1. The molecule has 4 aliphatic rings. The minimum Gasteiger partial charge on any atom is -0.875 e. The van der Waals surface area contributed by atoms with Gasteiger partial charge in [0.25, 0.3) is 0 Å². The molecule has 4 aliphatic carbocycles. The molecule has 188 valence electrons. The molecule has 0 radical (unpaired) electrons. The first-order valence-corrected chi connectivity index (χ1v) is 12.5. The zero-order valence-corrected chi connectivity index (χ0v) is 22.1. The molecule has 6 nitrogen and oxygen atoms in total.